The molecule has 1 aliphatic heterocycles. The number of rotatable bonds is 8. The molecular weight excluding hydrogens is 328 g/mol. The number of morpholine rings is 1. The maximum atomic E-state index is 11.4. The van der Waals surface area contributed by atoms with Crippen LogP contribution in [0.25, 0.3) is 0 Å². The molecule has 5 nitrogen and oxygen atoms in total. The Hall–Kier alpha value is -1.30. The Morgan fingerprint density at radius 1 is 1.38 bits per heavy atom. The summed E-state index contributed by atoms with van der Waals surface area (Å²) >= 11 is 6.40. The molecule has 1 fully saturated rings. The Morgan fingerprint density at radius 2 is 2.08 bits per heavy atom. The maximum absolute atomic E-state index is 11.4. The first-order valence-electron chi connectivity index (χ1n) is 8.52. The van der Waals surface area contributed by atoms with Crippen LogP contribution in [0.5, 0.6) is 0 Å². The van der Waals surface area contributed by atoms with Crippen LogP contribution in [-0.4, -0.2) is 43.9 Å². The van der Waals surface area contributed by atoms with Crippen molar-refractivity contribution in [3.8, 4) is 0 Å². The third kappa shape index (κ3) is 5.36. The van der Waals surface area contributed by atoms with Crippen LogP contribution in [0.1, 0.15) is 25.8 Å². The molecule has 1 atom stereocenters. The Labute approximate surface area is 148 Å². The van der Waals surface area contributed by atoms with Crippen molar-refractivity contribution in [3.05, 3.63) is 28.8 Å². The molecule has 1 aliphatic rings. The number of anilines is 1. The quantitative estimate of drug-likeness (QED) is 0.751. The van der Waals surface area contributed by atoms with E-state index in [1.165, 1.54) is 0 Å². The van der Waals surface area contributed by atoms with Crippen molar-refractivity contribution in [2.24, 2.45) is 11.8 Å². The van der Waals surface area contributed by atoms with Crippen LogP contribution in [0.4, 0.5) is 5.69 Å². The first-order chi connectivity index (χ1) is 11.5. The van der Waals surface area contributed by atoms with E-state index in [1.807, 2.05) is 26.0 Å². The lowest BCUT2D eigenvalue weighted by Gasteiger charge is -2.31. The van der Waals surface area contributed by atoms with Crippen molar-refractivity contribution in [3.63, 3.8) is 0 Å². The number of nitrogens with one attached hydrogen (secondary N) is 1. The van der Waals surface area contributed by atoms with Crippen molar-refractivity contribution in [1.82, 2.24) is 5.32 Å². The van der Waals surface area contributed by atoms with Gasteiger partial charge in [0.1, 0.15) is 0 Å². The lowest BCUT2D eigenvalue weighted by atomic mass is 9.97. The molecule has 1 saturated heterocycles. The van der Waals surface area contributed by atoms with Crippen LogP contribution in [0.2, 0.25) is 5.02 Å². The van der Waals surface area contributed by atoms with E-state index in [9.17, 15) is 9.90 Å². The number of halogens is 1. The zero-order chi connectivity index (χ0) is 17.5. The van der Waals surface area contributed by atoms with Crippen molar-refractivity contribution < 1.29 is 14.6 Å². The molecule has 1 heterocycles. The van der Waals surface area contributed by atoms with Crippen LogP contribution in [0.3, 0.4) is 0 Å². The number of aliphatic carboxylic acids is 1. The summed E-state index contributed by atoms with van der Waals surface area (Å²) in [4.78, 5) is 13.6. The molecule has 0 radical (unpaired) electrons. The Morgan fingerprint density at radius 3 is 2.71 bits per heavy atom. The monoisotopic (exact) mass is 354 g/mol. The smallest absolute Gasteiger partial charge is 0.307 e. The fourth-order valence-corrected chi connectivity index (χ4v) is 3.27. The van der Waals surface area contributed by atoms with Gasteiger partial charge in [-0.05, 0) is 24.5 Å². The predicted molar refractivity (Wildman–Crippen MR) is 96.8 cm³/mol. The molecule has 1 aromatic rings. The highest BCUT2D eigenvalue weighted by Crippen LogP contribution is 2.28. The maximum Gasteiger partial charge on any atom is 0.307 e. The average molecular weight is 355 g/mol. The Balaban J connectivity index is 2.02. The van der Waals surface area contributed by atoms with Gasteiger partial charge in [-0.15, -0.1) is 0 Å². The van der Waals surface area contributed by atoms with Gasteiger partial charge in [-0.2, -0.15) is 0 Å². The summed E-state index contributed by atoms with van der Waals surface area (Å²) in [7, 11) is 0. The Bertz CT molecular complexity index is 545. The number of nitrogens with zero attached hydrogens (tertiary/aromatic N) is 1. The minimum Gasteiger partial charge on any atom is -0.481 e. The number of benzene rings is 1. The van der Waals surface area contributed by atoms with E-state index >= 15 is 0 Å². The summed E-state index contributed by atoms with van der Waals surface area (Å²) in [5.74, 6) is -0.764. The van der Waals surface area contributed by atoms with E-state index < -0.39 is 5.97 Å². The van der Waals surface area contributed by atoms with Crippen LogP contribution >= 0.6 is 11.6 Å². The van der Waals surface area contributed by atoms with E-state index in [0.717, 1.165) is 37.6 Å². The van der Waals surface area contributed by atoms with E-state index in [0.29, 0.717) is 30.5 Å². The fraction of sp³-hybridized carbons (Fsp3) is 0.611. The molecule has 0 spiro atoms. The SMILES string of the molecule is CC(C)CC(CNCc1c(Cl)cccc1N1CCOCC1)C(=O)O. The molecule has 0 saturated carbocycles. The normalized spacial score (nSPS) is 16.4. The molecular formula is C18H27ClN2O3. The van der Waals surface area contributed by atoms with E-state index in [4.69, 9.17) is 16.3 Å². The highest BCUT2D eigenvalue weighted by molar-refractivity contribution is 6.31. The minimum atomic E-state index is -0.747. The number of hydrogen-bond acceptors (Lipinski definition) is 4. The summed E-state index contributed by atoms with van der Waals surface area (Å²) in [6, 6.07) is 5.90. The van der Waals surface area contributed by atoms with Gasteiger partial charge in [0.15, 0.2) is 0 Å². The first kappa shape index (κ1) is 19.0. The molecule has 6 heteroatoms. The van der Waals surface area contributed by atoms with Gasteiger partial charge in [-0.3, -0.25) is 4.79 Å². The largest absolute Gasteiger partial charge is 0.481 e. The molecule has 134 valence electrons. The van der Waals surface area contributed by atoms with Crippen LogP contribution in [0, 0.1) is 11.8 Å². The molecule has 1 aromatic carbocycles. The van der Waals surface area contributed by atoms with Crippen molar-refractivity contribution in [2.75, 3.05) is 37.7 Å². The molecule has 0 aromatic heterocycles. The van der Waals surface area contributed by atoms with Crippen LogP contribution < -0.4 is 10.2 Å². The molecule has 2 rings (SSSR count). The fourth-order valence-electron chi connectivity index (χ4n) is 3.03. The first-order valence-corrected chi connectivity index (χ1v) is 8.90. The third-order valence-electron chi connectivity index (χ3n) is 4.24. The number of carboxylic acid groups (broad SMARTS) is 1. The molecule has 0 bridgehead atoms. The summed E-state index contributed by atoms with van der Waals surface area (Å²) in [6.45, 7) is 8.22. The second-order valence-electron chi connectivity index (χ2n) is 6.63. The standard InChI is InChI=1S/C18H27ClN2O3/c1-13(2)10-14(18(22)23)11-20-12-15-16(19)4-3-5-17(15)21-6-8-24-9-7-21/h3-5,13-14,20H,6-12H2,1-2H3,(H,22,23). The van der Waals surface area contributed by atoms with Gasteiger partial charge >= 0.3 is 5.97 Å². The van der Waals surface area contributed by atoms with Crippen LogP contribution in [0.15, 0.2) is 18.2 Å². The van der Waals surface area contributed by atoms with Gasteiger partial charge in [-0.25, -0.2) is 0 Å². The molecule has 0 amide bonds. The van der Waals surface area contributed by atoms with Gasteiger partial charge < -0.3 is 20.1 Å². The van der Waals surface area contributed by atoms with Gasteiger partial charge in [0.05, 0.1) is 19.1 Å². The summed E-state index contributed by atoms with van der Waals surface area (Å²) in [5.41, 5.74) is 2.13. The number of carboxylic acids is 1. The van der Waals surface area contributed by atoms with Crippen molar-refractivity contribution in [2.45, 2.75) is 26.8 Å². The summed E-state index contributed by atoms with van der Waals surface area (Å²) in [6.07, 6.45) is 0.668. The second-order valence-corrected chi connectivity index (χ2v) is 7.04. The second kappa shape index (κ2) is 9.25. The zero-order valence-corrected chi connectivity index (χ0v) is 15.2. The van der Waals surface area contributed by atoms with Crippen molar-refractivity contribution >= 4 is 23.3 Å². The molecule has 0 aliphatic carbocycles. The van der Waals surface area contributed by atoms with E-state index in [1.54, 1.807) is 0 Å². The highest BCUT2D eigenvalue weighted by atomic mass is 35.5. The van der Waals surface area contributed by atoms with Gasteiger partial charge in [0, 0.05) is 42.5 Å². The third-order valence-corrected chi connectivity index (χ3v) is 4.60. The van der Waals surface area contributed by atoms with E-state index in [2.05, 4.69) is 16.3 Å². The van der Waals surface area contributed by atoms with Gasteiger partial charge in [-0.1, -0.05) is 31.5 Å². The topological polar surface area (TPSA) is 61.8 Å². The van der Waals surface area contributed by atoms with Gasteiger partial charge in [0.25, 0.3) is 0 Å². The minimum absolute atomic E-state index is 0.358. The van der Waals surface area contributed by atoms with Gasteiger partial charge in [0.2, 0.25) is 0 Å². The summed E-state index contributed by atoms with van der Waals surface area (Å²) in [5, 5.41) is 13.3. The average Bonchev–Trinajstić information content (AvgIpc) is 2.55. The molecule has 2 N–H and O–H groups in total. The van der Waals surface area contributed by atoms with Crippen LogP contribution in [-0.2, 0) is 16.1 Å². The van der Waals surface area contributed by atoms with E-state index in [-0.39, 0.29) is 5.92 Å². The zero-order valence-electron chi connectivity index (χ0n) is 14.4. The number of ether oxygens (including phenoxy) is 1. The lowest BCUT2D eigenvalue weighted by molar-refractivity contribution is -0.142. The number of carbonyl (C=O) groups is 1. The summed E-state index contributed by atoms with van der Waals surface area (Å²) < 4.78 is 5.41. The Kier molecular flexibility index (Phi) is 7.34. The molecule has 24 heavy (non-hydrogen) atoms. The predicted octanol–water partition coefficient (Wildman–Crippen LogP) is 3.01. The van der Waals surface area contributed by atoms with Crippen molar-refractivity contribution in [1.29, 1.82) is 0 Å². The lowest BCUT2D eigenvalue weighted by Crippen LogP contribution is -2.37. The number of hydrogen-bond donors (Lipinski definition) is 2. The highest BCUT2D eigenvalue weighted by Gasteiger charge is 2.20. The molecule has 1 unspecified atom stereocenters.